The highest BCUT2D eigenvalue weighted by molar-refractivity contribution is 9.10. The first-order valence-electron chi connectivity index (χ1n) is 3.44. The average molecular weight is 294 g/mol. The van der Waals surface area contributed by atoms with Crippen molar-refractivity contribution in [2.45, 2.75) is 12.6 Å². The molecule has 1 nitrogen and oxygen atoms in total. The maximum Gasteiger partial charge on any atom is 0.418 e. The number of hydrogen-bond acceptors (Lipinski definition) is 1. The summed E-state index contributed by atoms with van der Waals surface area (Å²) in [5, 5.41) is 0. The van der Waals surface area contributed by atoms with Crippen LogP contribution in [0.1, 0.15) is 17.6 Å². The molecule has 0 saturated heterocycles. The maximum absolute atomic E-state index is 12.6. The average Bonchev–Trinajstić information content (AvgIpc) is 2.06. The van der Waals surface area contributed by atoms with E-state index in [4.69, 9.17) is 0 Å². The van der Waals surface area contributed by atoms with E-state index in [0.717, 1.165) is 0 Å². The lowest BCUT2D eigenvalue weighted by Crippen LogP contribution is -2.12. The molecule has 0 saturated carbocycles. The maximum atomic E-state index is 12.6. The third kappa shape index (κ3) is 2.42. The van der Waals surface area contributed by atoms with Crippen LogP contribution in [0, 0.1) is 5.95 Å². The number of aromatic nitrogens is 1. The lowest BCUT2D eigenvalue weighted by molar-refractivity contribution is -0.139. The molecule has 0 aliphatic heterocycles. The summed E-state index contributed by atoms with van der Waals surface area (Å²) in [6.45, 7) is 0. The third-order valence-electron chi connectivity index (χ3n) is 1.54. The Hall–Kier alpha value is -0.790. The van der Waals surface area contributed by atoms with Gasteiger partial charge in [-0.05, 0) is 15.9 Å². The molecule has 8 heteroatoms. The van der Waals surface area contributed by atoms with Crippen LogP contribution in [-0.2, 0) is 6.18 Å². The fourth-order valence-corrected chi connectivity index (χ4v) is 1.41. The van der Waals surface area contributed by atoms with Crippen molar-refractivity contribution in [2.75, 3.05) is 0 Å². The number of nitrogens with zero attached hydrogens (tertiary/aromatic N) is 1. The molecule has 1 aromatic heterocycles. The minimum atomic E-state index is -4.99. The van der Waals surface area contributed by atoms with Gasteiger partial charge >= 0.3 is 6.18 Å². The molecule has 15 heavy (non-hydrogen) atoms. The summed E-state index contributed by atoms with van der Waals surface area (Å²) < 4.78 is 72.8. The van der Waals surface area contributed by atoms with Crippen molar-refractivity contribution in [3.8, 4) is 0 Å². The summed E-state index contributed by atoms with van der Waals surface area (Å²) in [5.74, 6) is -1.40. The van der Waals surface area contributed by atoms with Crippen molar-refractivity contribution >= 4 is 15.9 Å². The van der Waals surface area contributed by atoms with Crippen LogP contribution in [0.5, 0.6) is 0 Å². The quantitative estimate of drug-likeness (QED) is 0.564. The Morgan fingerprint density at radius 3 is 2.20 bits per heavy atom. The highest BCUT2D eigenvalue weighted by Gasteiger charge is 2.38. The predicted octanol–water partition coefficient (Wildman–Crippen LogP) is 3.94. The lowest BCUT2D eigenvalue weighted by atomic mass is 10.1. The predicted molar refractivity (Wildman–Crippen MR) is 41.9 cm³/mol. The van der Waals surface area contributed by atoms with Gasteiger partial charge in [-0.25, -0.2) is 13.8 Å². The number of halogens is 7. The van der Waals surface area contributed by atoms with E-state index in [1.807, 2.05) is 0 Å². The second-order valence-electron chi connectivity index (χ2n) is 2.49. The summed E-state index contributed by atoms with van der Waals surface area (Å²) in [6.07, 6.45) is -8.38. The van der Waals surface area contributed by atoms with Gasteiger partial charge in [-0.3, -0.25) is 0 Å². The van der Waals surface area contributed by atoms with E-state index in [2.05, 4.69) is 20.9 Å². The topological polar surface area (TPSA) is 12.9 Å². The van der Waals surface area contributed by atoms with Gasteiger partial charge in [0.05, 0.1) is 15.6 Å². The standard InChI is InChI=1S/C7H2BrF6N/c8-4-3(5(9)10)2(7(12,13)14)1-15-6(4)11/h1,5H. The van der Waals surface area contributed by atoms with E-state index < -0.39 is 34.1 Å². The van der Waals surface area contributed by atoms with Gasteiger partial charge in [0.1, 0.15) is 0 Å². The minimum absolute atomic E-state index is 0.0432. The Bertz CT molecular complexity index is 374. The molecule has 0 spiro atoms. The molecule has 0 aromatic carbocycles. The van der Waals surface area contributed by atoms with Crippen LogP contribution < -0.4 is 0 Å². The first-order valence-corrected chi connectivity index (χ1v) is 4.23. The van der Waals surface area contributed by atoms with Crippen LogP contribution in [0.4, 0.5) is 26.3 Å². The molecule has 0 aliphatic rings. The van der Waals surface area contributed by atoms with Gasteiger partial charge in [0.25, 0.3) is 6.43 Å². The van der Waals surface area contributed by atoms with Crippen molar-refractivity contribution in [3.05, 3.63) is 27.7 Å². The Kier molecular flexibility index (Phi) is 3.27. The van der Waals surface area contributed by atoms with E-state index in [-0.39, 0.29) is 6.20 Å². The van der Waals surface area contributed by atoms with Gasteiger partial charge in [0, 0.05) is 6.20 Å². The number of alkyl halides is 5. The van der Waals surface area contributed by atoms with E-state index in [1.54, 1.807) is 0 Å². The molecule has 0 N–H and O–H groups in total. The summed E-state index contributed by atoms with van der Waals surface area (Å²) >= 11 is 2.31. The van der Waals surface area contributed by atoms with Crippen LogP contribution >= 0.6 is 15.9 Å². The largest absolute Gasteiger partial charge is 0.418 e. The summed E-state index contributed by atoms with van der Waals surface area (Å²) in [6, 6.07) is 0. The molecule has 1 heterocycles. The van der Waals surface area contributed by atoms with Crippen LogP contribution in [0.25, 0.3) is 0 Å². The van der Waals surface area contributed by atoms with Gasteiger partial charge in [0.15, 0.2) is 0 Å². The summed E-state index contributed by atoms with van der Waals surface area (Å²) in [4.78, 5) is 2.72. The molecule has 0 fully saturated rings. The first-order chi connectivity index (χ1) is 6.75. The highest BCUT2D eigenvalue weighted by Crippen LogP contribution is 2.39. The Morgan fingerprint density at radius 1 is 1.27 bits per heavy atom. The SMILES string of the molecule is Fc1ncc(C(F)(F)F)c(C(F)F)c1Br. The van der Waals surface area contributed by atoms with Gasteiger partial charge in [-0.2, -0.15) is 17.6 Å². The monoisotopic (exact) mass is 293 g/mol. The number of rotatable bonds is 1. The zero-order valence-corrected chi connectivity index (χ0v) is 8.33. The molecule has 0 atom stereocenters. The van der Waals surface area contributed by atoms with Gasteiger partial charge in [-0.1, -0.05) is 0 Å². The molecule has 1 rings (SSSR count). The summed E-state index contributed by atoms with van der Waals surface area (Å²) in [7, 11) is 0. The van der Waals surface area contributed by atoms with Crippen molar-refractivity contribution in [3.63, 3.8) is 0 Å². The second-order valence-corrected chi connectivity index (χ2v) is 3.28. The summed E-state index contributed by atoms with van der Waals surface area (Å²) in [5.41, 5.74) is -3.08. The molecule has 0 amide bonds. The Morgan fingerprint density at radius 2 is 1.80 bits per heavy atom. The molecule has 1 aromatic rings. The highest BCUT2D eigenvalue weighted by atomic mass is 79.9. The Balaban J connectivity index is 3.47. The fourth-order valence-electron chi connectivity index (χ4n) is 0.916. The van der Waals surface area contributed by atoms with Crippen LogP contribution in [0.15, 0.2) is 10.7 Å². The fraction of sp³-hybridized carbons (Fsp3) is 0.286. The van der Waals surface area contributed by atoms with E-state index in [9.17, 15) is 26.3 Å². The van der Waals surface area contributed by atoms with Crippen molar-refractivity contribution in [1.29, 1.82) is 0 Å². The normalized spacial score (nSPS) is 12.3. The van der Waals surface area contributed by atoms with Crippen molar-refractivity contribution in [2.24, 2.45) is 0 Å². The lowest BCUT2D eigenvalue weighted by Gasteiger charge is -2.13. The molecule has 0 bridgehead atoms. The van der Waals surface area contributed by atoms with E-state index in [0.29, 0.717) is 0 Å². The van der Waals surface area contributed by atoms with Crippen LogP contribution in [0.3, 0.4) is 0 Å². The first kappa shape index (κ1) is 12.3. The van der Waals surface area contributed by atoms with Crippen LogP contribution in [-0.4, -0.2) is 4.98 Å². The molecule has 0 radical (unpaired) electrons. The van der Waals surface area contributed by atoms with E-state index in [1.165, 1.54) is 0 Å². The zero-order valence-electron chi connectivity index (χ0n) is 6.75. The second kappa shape index (κ2) is 3.99. The molecule has 84 valence electrons. The van der Waals surface area contributed by atoms with Crippen molar-refractivity contribution < 1.29 is 26.3 Å². The van der Waals surface area contributed by atoms with Crippen LogP contribution in [0.2, 0.25) is 0 Å². The third-order valence-corrected chi connectivity index (χ3v) is 2.29. The molecular formula is C7H2BrF6N. The van der Waals surface area contributed by atoms with Gasteiger partial charge in [0.2, 0.25) is 5.95 Å². The van der Waals surface area contributed by atoms with Crippen molar-refractivity contribution in [1.82, 2.24) is 4.98 Å². The smallest absolute Gasteiger partial charge is 0.227 e. The van der Waals surface area contributed by atoms with Gasteiger partial charge < -0.3 is 0 Å². The van der Waals surface area contributed by atoms with Gasteiger partial charge in [-0.15, -0.1) is 0 Å². The molecule has 0 unspecified atom stereocenters. The Labute approximate surface area is 88.2 Å². The number of pyridine rings is 1. The minimum Gasteiger partial charge on any atom is -0.227 e. The number of hydrogen-bond donors (Lipinski definition) is 0. The zero-order chi connectivity index (χ0) is 11.8. The molecule has 0 aliphatic carbocycles. The van der Waals surface area contributed by atoms with E-state index >= 15 is 0 Å². The molecular weight excluding hydrogens is 292 g/mol.